The summed E-state index contributed by atoms with van der Waals surface area (Å²) in [6.45, 7) is 2.08. The summed E-state index contributed by atoms with van der Waals surface area (Å²) in [7, 11) is 3.10. The van der Waals surface area contributed by atoms with Gasteiger partial charge in [-0.3, -0.25) is 4.79 Å². The number of amides is 1. The highest BCUT2D eigenvalue weighted by Gasteiger charge is 2.20. The molecule has 0 rings (SSSR count). The SMILES string of the molecule is COCCSCC(=O)N(C)C(C)C(=O)O. The number of nitrogens with zero attached hydrogens (tertiary/aromatic N) is 1. The molecule has 0 saturated carbocycles. The van der Waals surface area contributed by atoms with Crippen LogP contribution in [0.3, 0.4) is 0 Å². The molecule has 1 N–H and O–H groups in total. The molecule has 0 fully saturated rings. The predicted molar refractivity (Wildman–Crippen MR) is 59.1 cm³/mol. The van der Waals surface area contributed by atoms with Gasteiger partial charge in [0.25, 0.3) is 0 Å². The number of hydrogen-bond acceptors (Lipinski definition) is 4. The van der Waals surface area contributed by atoms with Crippen LogP contribution in [0.5, 0.6) is 0 Å². The Hall–Kier alpha value is -0.750. The Bertz CT molecular complexity index is 222. The highest BCUT2D eigenvalue weighted by Crippen LogP contribution is 2.04. The van der Waals surface area contributed by atoms with Gasteiger partial charge in [0, 0.05) is 19.9 Å². The van der Waals surface area contributed by atoms with Gasteiger partial charge in [0.1, 0.15) is 6.04 Å². The lowest BCUT2D eigenvalue weighted by Gasteiger charge is -2.21. The first kappa shape index (κ1) is 14.2. The van der Waals surface area contributed by atoms with Crippen LogP contribution in [0.25, 0.3) is 0 Å². The lowest BCUT2D eigenvalue weighted by Crippen LogP contribution is -2.41. The van der Waals surface area contributed by atoms with E-state index in [0.29, 0.717) is 6.61 Å². The van der Waals surface area contributed by atoms with Crippen LogP contribution in [0.2, 0.25) is 0 Å². The van der Waals surface area contributed by atoms with Crippen LogP contribution in [-0.4, -0.2) is 60.2 Å². The van der Waals surface area contributed by atoms with Gasteiger partial charge in [0.2, 0.25) is 5.91 Å². The van der Waals surface area contributed by atoms with Crippen LogP contribution >= 0.6 is 11.8 Å². The van der Waals surface area contributed by atoms with Gasteiger partial charge in [-0.25, -0.2) is 4.79 Å². The quantitative estimate of drug-likeness (QED) is 0.643. The lowest BCUT2D eigenvalue weighted by atomic mass is 10.3. The van der Waals surface area contributed by atoms with Crippen molar-refractivity contribution in [3.63, 3.8) is 0 Å². The van der Waals surface area contributed by atoms with E-state index in [1.165, 1.54) is 30.6 Å². The second-order valence-electron chi connectivity index (χ2n) is 3.06. The first-order valence-electron chi connectivity index (χ1n) is 4.55. The Morgan fingerprint density at radius 3 is 2.60 bits per heavy atom. The first-order valence-corrected chi connectivity index (χ1v) is 5.71. The van der Waals surface area contributed by atoms with E-state index in [1.807, 2.05) is 0 Å². The number of methoxy groups -OCH3 is 1. The van der Waals surface area contributed by atoms with Crippen molar-refractivity contribution in [1.82, 2.24) is 4.90 Å². The smallest absolute Gasteiger partial charge is 0.326 e. The van der Waals surface area contributed by atoms with Crippen molar-refractivity contribution in [2.24, 2.45) is 0 Å². The van der Waals surface area contributed by atoms with Gasteiger partial charge < -0.3 is 14.7 Å². The van der Waals surface area contributed by atoms with Gasteiger partial charge in [-0.15, -0.1) is 11.8 Å². The van der Waals surface area contributed by atoms with Crippen LogP contribution in [0.1, 0.15) is 6.92 Å². The number of aliphatic carboxylic acids is 1. The molecule has 0 bridgehead atoms. The maximum atomic E-state index is 11.5. The Morgan fingerprint density at radius 2 is 2.13 bits per heavy atom. The van der Waals surface area contributed by atoms with Gasteiger partial charge in [-0.05, 0) is 6.92 Å². The van der Waals surface area contributed by atoms with E-state index in [1.54, 1.807) is 7.11 Å². The molecule has 0 aromatic carbocycles. The van der Waals surface area contributed by atoms with Crippen molar-refractivity contribution in [2.45, 2.75) is 13.0 Å². The first-order chi connectivity index (χ1) is 7.00. The third kappa shape index (κ3) is 5.64. The summed E-state index contributed by atoms with van der Waals surface area (Å²) in [6.07, 6.45) is 0. The van der Waals surface area contributed by atoms with E-state index in [0.717, 1.165) is 5.75 Å². The van der Waals surface area contributed by atoms with Crippen LogP contribution in [0.4, 0.5) is 0 Å². The fourth-order valence-electron chi connectivity index (χ4n) is 0.785. The molecule has 0 aliphatic carbocycles. The topological polar surface area (TPSA) is 66.8 Å². The van der Waals surface area contributed by atoms with E-state index in [4.69, 9.17) is 9.84 Å². The van der Waals surface area contributed by atoms with Gasteiger partial charge in [-0.2, -0.15) is 0 Å². The number of carboxylic acid groups (broad SMARTS) is 1. The number of carbonyl (C=O) groups excluding carboxylic acids is 1. The summed E-state index contributed by atoms with van der Waals surface area (Å²) < 4.78 is 4.83. The van der Waals surface area contributed by atoms with Gasteiger partial charge in [0.05, 0.1) is 12.4 Å². The van der Waals surface area contributed by atoms with E-state index < -0.39 is 12.0 Å². The second-order valence-corrected chi connectivity index (χ2v) is 4.17. The molecule has 1 atom stereocenters. The molecule has 0 aliphatic heterocycles. The summed E-state index contributed by atoms with van der Waals surface area (Å²) in [5, 5.41) is 8.69. The van der Waals surface area contributed by atoms with E-state index in [-0.39, 0.29) is 11.7 Å². The van der Waals surface area contributed by atoms with E-state index in [2.05, 4.69) is 0 Å². The molecule has 88 valence electrons. The molecule has 0 heterocycles. The van der Waals surface area contributed by atoms with Gasteiger partial charge in [0.15, 0.2) is 0 Å². The summed E-state index contributed by atoms with van der Waals surface area (Å²) >= 11 is 1.43. The predicted octanol–water partition coefficient (Wildman–Crippen LogP) is 0.297. The average Bonchev–Trinajstić information content (AvgIpc) is 2.21. The molecular formula is C9H17NO4S. The summed E-state index contributed by atoms with van der Waals surface area (Å²) in [4.78, 5) is 23.3. The van der Waals surface area contributed by atoms with Crippen LogP contribution in [0.15, 0.2) is 0 Å². The third-order valence-electron chi connectivity index (χ3n) is 1.99. The van der Waals surface area contributed by atoms with Crippen molar-refractivity contribution in [3.8, 4) is 0 Å². The van der Waals surface area contributed by atoms with Crippen LogP contribution in [-0.2, 0) is 14.3 Å². The van der Waals surface area contributed by atoms with Crippen molar-refractivity contribution in [3.05, 3.63) is 0 Å². The monoisotopic (exact) mass is 235 g/mol. The van der Waals surface area contributed by atoms with Crippen LogP contribution < -0.4 is 0 Å². The van der Waals surface area contributed by atoms with Gasteiger partial charge in [-0.1, -0.05) is 0 Å². The van der Waals surface area contributed by atoms with E-state index >= 15 is 0 Å². The number of ether oxygens (including phenoxy) is 1. The van der Waals surface area contributed by atoms with Gasteiger partial charge >= 0.3 is 5.97 Å². The highest BCUT2D eigenvalue weighted by molar-refractivity contribution is 7.99. The Labute approximate surface area is 93.8 Å². The second kappa shape index (κ2) is 7.53. The number of thioether (sulfide) groups is 1. The molecule has 0 aliphatic rings. The summed E-state index contributed by atoms with van der Waals surface area (Å²) in [5.74, 6) is -0.145. The minimum atomic E-state index is -0.993. The maximum Gasteiger partial charge on any atom is 0.326 e. The number of rotatable bonds is 7. The average molecular weight is 235 g/mol. The molecule has 0 saturated heterocycles. The van der Waals surface area contributed by atoms with E-state index in [9.17, 15) is 9.59 Å². The number of hydrogen-bond donors (Lipinski definition) is 1. The third-order valence-corrected chi connectivity index (χ3v) is 2.90. The molecule has 1 amide bonds. The van der Waals surface area contributed by atoms with Crippen molar-refractivity contribution in [1.29, 1.82) is 0 Å². The van der Waals surface area contributed by atoms with Crippen molar-refractivity contribution < 1.29 is 19.4 Å². The standard InChI is InChI=1S/C9H17NO4S/c1-7(9(12)13)10(2)8(11)6-15-5-4-14-3/h7H,4-6H2,1-3H3,(H,12,13). The molecule has 0 radical (unpaired) electrons. The highest BCUT2D eigenvalue weighted by atomic mass is 32.2. The summed E-state index contributed by atoms with van der Waals surface area (Å²) in [6, 6.07) is -0.777. The molecule has 0 aromatic heterocycles. The largest absolute Gasteiger partial charge is 0.480 e. The zero-order chi connectivity index (χ0) is 11.8. The number of carbonyl (C=O) groups is 2. The summed E-state index contributed by atoms with van der Waals surface area (Å²) in [5.41, 5.74) is 0. The molecule has 1 unspecified atom stereocenters. The molecule has 15 heavy (non-hydrogen) atoms. The fourth-order valence-corrected chi connectivity index (χ4v) is 1.59. The molecule has 5 nitrogen and oxygen atoms in total. The minimum Gasteiger partial charge on any atom is -0.480 e. The maximum absolute atomic E-state index is 11.5. The van der Waals surface area contributed by atoms with Crippen molar-refractivity contribution >= 4 is 23.6 Å². The Balaban J connectivity index is 3.84. The zero-order valence-electron chi connectivity index (χ0n) is 9.23. The Morgan fingerprint density at radius 1 is 1.53 bits per heavy atom. The Kier molecular flexibility index (Phi) is 7.15. The molecule has 6 heteroatoms. The minimum absolute atomic E-state index is 0.175. The number of carboxylic acids is 1. The normalized spacial score (nSPS) is 12.2. The van der Waals surface area contributed by atoms with Crippen molar-refractivity contribution in [2.75, 3.05) is 32.3 Å². The molecular weight excluding hydrogens is 218 g/mol. The fraction of sp³-hybridized carbons (Fsp3) is 0.778. The zero-order valence-corrected chi connectivity index (χ0v) is 10.0. The number of likely N-dealkylation sites (N-methyl/N-ethyl adjacent to an activating group) is 1. The molecule has 0 spiro atoms. The molecule has 0 aromatic rings. The lowest BCUT2D eigenvalue weighted by molar-refractivity contribution is -0.147. The van der Waals surface area contributed by atoms with Crippen LogP contribution in [0, 0.1) is 0 Å².